The molecule has 0 unspecified atom stereocenters. The molecule has 0 aliphatic rings. The monoisotopic (exact) mass is 270 g/mol. The Bertz CT molecular complexity index is 954. The molecule has 0 amide bonds. The summed E-state index contributed by atoms with van der Waals surface area (Å²) in [5, 5.41) is 14.9. The molecular weight excluding hydrogens is 256 g/mol. The van der Waals surface area contributed by atoms with Crippen molar-refractivity contribution in [2.45, 2.75) is 0 Å². The zero-order chi connectivity index (χ0) is 14.2. The number of phenols is 1. The van der Waals surface area contributed by atoms with Crippen LogP contribution in [0.25, 0.3) is 32.7 Å². The second-order valence-electron chi connectivity index (χ2n) is 5.24. The lowest BCUT2D eigenvalue weighted by molar-refractivity contribution is 0.478. The number of benzene rings is 4. The molecule has 0 aromatic heterocycles. The summed E-state index contributed by atoms with van der Waals surface area (Å²) in [6.45, 7) is 0. The first-order valence-corrected chi connectivity index (χ1v) is 7.03. The van der Waals surface area contributed by atoms with E-state index < -0.39 is 0 Å². The normalized spacial score (nSPS) is 11.0. The molecule has 0 spiro atoms. The van der Waals surface area contributed by atoms with Crippen molar-refractivity contribution in [3.05, 3.63) is 78.9 Å². The molecule has 4 aromatic carbocycles. The summed E-state index contributed by atoms with van der Waals surface area (Å²) >= 11 is 0. The molecule has 4 rings (SSSR count). The van der Waals surface area contributed by atoms with Crippen molar-refractivity contribution in [2.24, 2.45) is 0 Å². The summed E-state index contributed by atoms with van der Waals surface area (Å²) in [5.74, 6) is 0.323. The predicted molar refractivity (Wildman–Crippen MR) is 88.6 cm³/mol. The Kier molecular flexibility index (Phi) is 2.65. The molecule has 1 heteroatoms. The van der Waals surface area contributed by atoms with E-state index in [-0.39, 0.29) is 0 Å². The smallest absolute Gasteiger partial charge is 0.124 e. The van der Waals surface area contributed by atoms with Gasteiger partial charge in [0.25, 0.3) is 0 Å². The topological polar surface area (TPSA) is 20.2 Å². The highest BCUT2D eigenvalue weighted by Gasteiger charge is 2.09. The molecule has 0 fully saturated rings. The van der Waals surface area contributed by atoms with Crippen molar-refractivity contribution in [3.8, 4) is 16.9 Å². The Morgan fingerprint density at radius 2 is 1.24 bits per heavy atom. The van der Waals surface area contributed by atoms with Gasteiger partial charge in [-0.2, -0.15) is 0 Å². The number of hydrogen-bond donors (Lipinski definition) is 1. The van der Waals surface area contributed by atoms with E-state index in [0.29, 0.717) is 5.75 Å². The van der Waals surface area contributed by atoms with Crippen LogP contribution < -0.4 is 0 Å². The third-order valence-electron chi connectivity index (χ3n) is 3.95. The molecule has 0 radical (unpaired) electrons. The van der Waals surface area contributed by atoms with Gasteiger partial charge in [0.05, 0.1) is 0 Å². The Morgan fingerprint density at radius 3 is 2.10 bits per heavy atom. The van der Waals surface area contributed by atoms with Gasteiger partial charge in [-0.05, 0) is 39.2 Å². The third-order valence-corrected chi connectivity index (χ3v) is 3.95. The van der Waals surface area contributed by atoms with Crippen molar-refractivity contribution < 1.29 is 5.11 Å². The van der Waals surface area contributed by atoms with Crippen molar-refractivity contribution in [1.29, 1.82) is 0 Å². The highest BCUT2D eigenvalue weighted by molar-refractivity contribution is 6.01. The van der Waals surface area contributed by atoms with Crippen LogP contribution in [0, 0.1) is 0 Å². The summed E-state index contributed by atoms with van der Waals surface area (Å²) in [4.78, 5) is 0. The molecule has 4 aromatic rings. The van der Waals surface area contributed by atoms with Crippen molar-refractivity contribution in [1.82, 2.24) is 0 Å². The fourth-order valence-corrected chi connectivity index (χ4v) is 2.91. The molecule has 21 heavy (non-hydrogen) atoms. The van der Waals surface area contributed by atoms with Crippen LogP contribution in [-0.4, -0.2) is 5.11 Å². The summed E-state index contributed by atoms with van der Waals surface area (Å²) in [7, 11) is 0. The van der Waals surface area contributed by atoms with Crippen LogP contribution in [0.3, 0.4) is 0 Å². The Balaban J connectivity index is 2.05. The number of hydrogen-bond acceptors (Lipinski definition) is 1. The van der Waals surface area contributed by atoms with Gasteiger partial charge in [-0.3, -0.25) is 0 Å². The molecule has 0 bridgehead atoms. The zero-order valence-electron chi connectivity index (χ0n) is 11.5. The maximum Gasteiger partial charge on any atom is 0.124 e. The average molecular weight is 270 g/mol. The molecule has 0 saturated carbocycles. The minimum absolute atomic E-state index is 0.323. The van der Waals surface area contributed by atoms with Crippen LogP contribution >= 0.6 is 0 Å². The van der Waals surface area contributed by atoms with Crippen molar-refractivity contribution in [2.75, 3.05) is 0 Å². The van der Waals surface area contributed by atoms with E-state index >= 15 is 0 Å². The zero-order valence-corrected chi connectivity index (χ0v) is 11.5. The van der Waals surface area contributed by atoms with Gasteiger partial charge in [0.2, 0.25) is 0 Å². The van der Waals surface area contributed by atoms with Gasteiger partial charge in [0.1, 0.15) is 5.75 Å². The van der Waals surface area contributed by atoms with Gasteiger partial charge in [-0.25, -0.2) is 0 Å². The third kappa shape index (κ3) is 1.95. The molecule has 0 saturated heterocycles. The van der Waals surface area contributed by atoms with Gasteiger partial charge < -0.3 is 5.11 Å². The van der Waals surface area contributed by atoms with Crippen LogP contribution in [-0.2, 0) is 0 Å². The first-order chi connectivity index (χ1) is 10.3. The first-order valence-electron chi connectivity index (χ1n) is 7.03. The van der Waals surface area contributed by atoms with Gasteiger partial charge in [0.15, 0.2) is 0 Å². The lowest BCUT2D eigenvalue weighted by Gasteiger charge is -2.10. The minimum atomic E-state index is 0.323. The van der Waals surface area contributed by atoms with Crippen LogP contribution in [0.15, 0.2) is 78.9 Å². The Labute approximate surface area is 123 Å². The van der Waals surface area contributed by atoms with Crippen molar-refractivity contribution >= 4 is 21.5 Å². The van der Waals surface area contributed by atoms with E-state index in [0.717, 1.165) is 21.9 Å². The maximum absolute atomic E-state index is 10.3. The van der Waals surface area contributed by atoms with Crippen molar-refractivity contribution in [3.63, 3.8) is 0 Å². The molecule has 0 aliphatic heterocycles. The highest BCUT2D eigenvalue weighted by atomic mass is 16.3. The quantitative estimate of drug-likeness (QED) is 0.493. The van der Waals surface area contributed by atoms with E-state index in [1.807, 2.05) is 30.3 Å². The van der Waals surface area contributed by atoms with E-state index in [9.17, 15) is 5.11 Å². The first kappa shape index (κ1) is 12.0. The SMILES string of the molecule is Oc1ccc2ccccc2c1-c1ccc2ccccc2c1. The molecule has 0 heterocycles. The standard InChI is InChI=1S/C20H14O/c21-19-12-11-15-6-3-4-8-18(15)20(19)17-10-9-14-5-1-2-7-16(14)13-17/h1-13,21H. The average Bonchev–Trinajstić information content (AvgIpc) is 2.54. The summed E-state index contributed by atoms with van der Waals surface area (Å²) in [5.41, 5.74) is 1.95. The van der Waals surface area contributed by atoms with Gasteiger partial charge in [-0.1, -0.05) is 66.7 Å². The molecule has 100 valence electrons. The van der Waals surface area contributed by atoms with Crippen LogP contribution in [0.1, 0.15) is 0 Å². The maximum atomic E-state index is 10.3. The molecule has 0 atom stereocenters. The number of phenolic OH excluding ortho intramolecular Hbond substituents is 1. The fourth-order valence-electron chi connectivity index (χ4n) is 2.91. The summed E-state index contributed by atoms with van der Waals surface area (Å²) in [6.07, 6.45) is 0. The van der Waals surface area contributed by atoms with E-state index in [1.165, 1.54) is 10.8 Å². The van der Waals surface area contributed by atoms with Crippen LogP contribution in [0.2, 0.25) is 0 Å². The Hall–Kier alpha value is -2.80. The second kappa shape index (κ2) is 4.64. The van der Waals surface area contributed by atoms with E-state index in [2.05, 4.69) is 42.5 Å². The largest absolute Gasteiger partial charge is 0.507 e. The minimum Gasteiger partial charge on any atom is -0.507 e. The van der Waals surface area contributed by atoms with Gasteiger partial charge >= 0.3 is 0 Å². The second-order valence-corrected chi connectivity index (χ2v) is 5.24. The number of fused-ring (bicyclic) bond motifs is 2. The number of aromatic hydroxyl groups is 1. The van der Waals surface area contributed by atoms with E-state index in [1.54, 1.807) is 6.07 Å². The lowest BCUT2D eigenvalue weighted by atomic mass is 9.95. The molecule has 1 nitrogen and oxygen atoms in total. The van der Waals surface area contributed by atoms with Gasteiger partial charge in [0, 0.05) is 5.56 Å². The summed E-state index contributed by atoms with van der Waals surface area (Å²) in [6, 6.07) is 26.5. The highest BCUT2D eigenvalue weighted by Crippen LogP contribution is 2.37. The van der Waals surface area contributed by atoms with E-state index in [4.69, 9.17) is 0 Å². The van der Waals surface area contributed by atoms with Crippen LogP contribution in [0.4, 0.5) is 0 Å². The number of rotatable bonds is 1. The lowest BCUT2D eigenvalue weighted by Crippen LogP contribution is -1.83. The van der Waals surface area contributed by atoms with Crippen LogP contribution in [0.5, 0.6) is 5.75 Å². The fraction of sp³-hybridized carbons (Fsp3) is 0. The predicted octanol–water partition coefficient (Wildman–Crippen LogP) is 5.37. The Morgan fingerprint density at radius 1 is 0.571 bits per heavy atom. The molecule has 0 aliphatic carbocycles. The van der Waals surface area contributed by atoms with Gasteiger partial charge in [-0.15, -0.1) is 0 Å². The summed E-state index contributed by atoms with van der Waals surface area (Å²) < 4.78 is 0. The molecular formula is C20H14O. The molecule has 1 N–H and O–H groups in total.